The van der Waals surface area contributed by atoms with Crippen molar-refractivity contribution in [1.82, 2.24) is 24.1 Å². The molecule has 0 N–H and O–H groups in total. The first-order valence-electron chi connectivity index (χ1n) is 18.9. The van der Waals surface area contributed by atoms with Gasteiger partial charge in [0.25, 0.3) is 0 Å². The average Bonchev–Trinajstić information content (AvgIpc) is 3.76. The topological polar surface area (TPSA) is 48.5 Å². The van der Waals surface area contributed by atoms with Crippen molar-refractivity contribution in [3.05, 3.63) is 176 Å². The van der Waals surface area contributed by atoms with E-state index in [1.807, 2.05) is 109 Å². The van der Waals surface area contributed by atoms with Crippen LogP contribution in [-0.4, -0.2) is 24.1 Å². The number of nitrogens with zero attached hydrogens (tertiary/aromatic N) is 5. The van der Waals surface area contributed by atoms with Gasteiger partial charge < -0.3 is 4.57 Å². The van der Waals surface area contributed by atoms with Crippen LogP contribution in [0.4, 0.5) is 0 Å². The van der Waals surface area contributed by atoms with Crippen molar-refractivity contribution in [2.24, 2.45) is 0 Å². The van der Waals surface area contributed by atoms with Crippen molar-refractivity contribution in [1.29, 1.82) is 0 Å². The summed E-state index contributed by atoms with van der Waals surface area (Å²) in [6.45, 7) is 0. The third-order valence-corrected chi connectivity index (χ3v) is 9.29. The van der Waals surface area contributed by atoms with Crippen LogP contribution in [0.15, 0.2) is 176 Å². The molecule has 0 atom stereocenters. The molecule has 0 saturated carbocycles. The summed E-state index contributed by atoms with van der Waals surface area (Å²) >= 11 is 0. The van der Waals surface area contributed by atoms with E-state index in [0.29, 0.717) is 28.6 Å². The van der Waals surface area contributed by atoms with E-state index in [1.165, 1.54) is 0 Å². The first-order valence-corrected chi connectivity index (χ1v) is 16.4. The van der Waals surface area contributed by atoms with Crippen LogP contribution in [-0.2, 0) is 0 Å². The van der Waals surface area contributed by atoms with Crippen molar-refractivity contribution in [3.8, 4) is 45.5 Å². The average molecular weight is 645 g/mol. The molecule has 0 amide bonds. The summed E-state index contributed by atoms with van der Waals surface area (Å²) in [5.41, 5.74) is 7.09. The highest BCUT2D eigenvalue weighted by atomic mass is 15.2. The van der Waals surface area contributed by atoms with Gasteiger partial charge in [-0.1, -0.05) is 146 Å². The van der Waals surface area contributed by atoms with E-state index in [4.69, 9.17) is 21.8 Å². The predicted molar refractivity (Wildman–Crippen MR) is 205 cm³/mol. The van der Waals surface area contributed by atoms with Crippen molar-refractivity contribution in [3.63, 3.8) is 0 Å². The molecule has 3 aromatic heterocycles. The maximum Gasteiger partial charge on any atom is 0.238 e. The predicted octanol–water partition coefficient (Wildman–Crippen LogP) is 11.1. The molecule has 0 aliphatic carbocycles. The fourth-order valence-corrected chi connectivity index (χ4v) is 7.06. The molecule has 10 aromatic rings. The van der Waals surface area contributed by atoms with Crippen LogP contribution in [0.3, 0.4) is 0 Å². The maximum atomic E-state index is 8.94. The van der Waals surface area contributed by atoms with E-state index >= 15 is 0 Å². The molecule has 234 valence electrons. The summed E-state index contributed by atoms with van der Waals surface area (Å²) in [7, 11) is 0. The lowest BCUT2D eigenvalue weighted by molar-refractivity contribution is 0.955. The largest absolute Gasteiger partial charge is 0.309 e. The van der Waals surface area contributed by atoms with Crippen LogP contribution in [0, 0.1) is 0 Å². The number of fused-ring (bicyclic) bond motifs is 7. The first kappa shape index (κ1) is 23.5. The molecule has 0 fully saturated rings. The lowest BCUT2D eigenvalue weighted by atomic mass is 10.0. The summed E-state index contributed by atoms with van der Waals surface area (Å²) in [4.78, 5) is 15.4. The normalized spacial score (nSPS) is 13.0. The van der Waals surface area contributed by atoms with E-state index in [1.54, 1.807) is 4.57 Å². The summed E-state index contributed by atoms with van der Waals surface area (Å²) in [5.74, 6) is 1.46. The summed E-state index contributed by atoms with van der Waals surface area (Å²) in [6.07, 6.45) is 0. The highest BCUT2D eigenvalue weighted by molar-refractivity contribution is 6.26. The molecule has 5 heteroatoms. The van der Waals surface area contributed by atoms with E-state index in [2.05, 4.69) is 41.0 Å². The van der Waals surface area contributed by atoms with Gasteiger partial charge in [-0.2, -0.15) is 9.97 Å². The van der Waals surface area contributed by atoms with E-state index in [-0.39, 0.29) is 29.9 Å². The Morgan fingerprint density at radius 2 is 0.940 bits per heavy atom. The number of hydrogen-bond donors (Lipinski definition) is 0. The Morgan fingerprint density at radius 1 is 0.400 bits per heavy atom. The smallest absolute Gasteiger partial charge is 0.238 e. The molecule has 0 aliphatic rings. The Labute approximate surface area is 295 Å². The quantitative estimate of drug-likeness (QED) is 0.187. The molecular formula is C45H29N5. The molecule has 3 heterocycles. The molecule has 0 radical (unpaired) electrons. The van der Waals surface area contributed by atoms with Gasteiger partial charge >= 0.3 is 0 Å². The zero-order valence-corrected chi connectivity index (χ0v) is 26.6. The van der Waals surface area contributed by atoms with Gasteiger partial charge in [-0.25, -0.2) is 4.98 Å². The summed E-state index contributed by atoms with van der Waals surface area (Å²) in [6, 6.07) is 46.5. The van der Waals surface area contributed by atoms with E-state index in [9.17, 15) is 0 Å². The summed E-state index contributed by atoms with van der Waals surface area (Å²) < 4.78 is 47.0. The number of hydrogen-bond acceptors (Lipinski definition) is 3. The molecule has 0 bridgehead atoms. The Morgan fingerprint density at radius 3 is 1.64 bits per heavy atom. The summed E-state index contributed by atoms with van der Waals surface area (Å²) in [5, 5.41) is 3.65. The van der Waals surface area contributed by atoms with Gasteiger partial charge in [-0.05, 0) is 41.4 Å². The molecule has 0 unspecified atom stereocenters. The number of aromatic nitrogens is 5. The van der Waals surface area contributed by atoms with Crippen molar-refractivity contribution >= 4 is 43.6 Å². The Bertz CT molecular complexity index is 3110. The van der Waals surface area contributed by atoms with Crippen LogP contribution < -0.4 is 0 Å². The number of para-hydroxylation sites is 3. The standard InChI is InChI=1S/C45H29N5/c1-4-14-30(15-5-1)31-24-26-33(27-25-31)44-46-43(32-16-6-2-7-17-32)47-45(48-44)50-38-22-12-10-20-35(38)36-28-29-40-41(42(36)50)37-21-11-13-23-39(37)49(40)34-18-8-3-9-19-34/h1-29H/i3D,8D,9D,18D,19D. The SMILES string of the molecule is [2H]c1c([2H])c([2H])c(-n2c3ccccc3c3c2ccc2c4ccccc4n(-c4nc(-c5ccccc5)nc(-c5ccc(-c6ccccc6)cc5)n4)c23)c([2H])c1[2H]. The van der Waals surface area contributed by atoms with Gasteiger partial charge in [0.15, 0.2) is 11.6 Å². The Hall–Kier alpha value is -6.85. The van der Waals surface area contributed by atoms with Crippen molar-refractivity contribution in [2.75, 3.05) is 0 Å². The molecule has 10 rings (SSSR count). The minimum absolute atomic E-state index is 0.0898. The van der Waals surface area contributed by atoms with Gasteiger partial charge in [-0.15, -0.1) is 0 Å². The zero-order chi connectivity index (χ0) is 37.4. The molecule has 7 aromatic carbocycles. The fraction of sp³-hybridized carbons (Fsp3) is 0. The van der Waals surface area contributed by atoms with Gasteiger partial charge in [-0.3, -0.25) is 4.57 Å². The van der Waals surface area contributed by atoms with Crippen LogP contribution in [0.25, 0.3) is 89.2 Å². The third-order valence-electron chi connectivity index (χ3n) is 9.29. The third kappa shape index (κ3) is 4.45. The second-order valence-electron chi connectivity index (χ2n) is 12.1. The second kappa shape index (κ2) is 11.4. The van der Waals surface area contributed by atoms with Gasteiger partial charge in [0.1, 0.15) is 0 Å². The maximum absolute atomic E-state index is 8.94. The van der Waals surface area contributed by atoms with Crippen LogP contribution in [0.5, 0.6) is 0 Å². The van der Waals surface area contributed by atoms with Crippen LogP contribution in [0.2, 0.25) is 0 Å². The van der Waals surface area contributed by atoms with Crippen LogP contribution in [0.1, 0.15) is 6.85 Å². The molecular weight excluding hydrogens is 611 g/mol. The zero-order valence-electron chi connectivity index (χ0n) is 31.6. The van der Waals surface area contributed by atoms with Gasteiger partial charge in [0.05, 0.1) is 28.9 Å². The van der Waals surface area contributed by atoms with Crippen molar-refractivity contribution < 1.29 is 6.85 Å². The minimum atomic E-state index is -0.434. The minimum Gasteiger partial charge on any atom is -0.309 e. The number of benzene rings is 7. The van der Waals surface area contributed by atoms with Crippen molar-refractivity contribution in [2.45, 2.75) is 0 Å². The van der Waals surface area contributed by atoms with E-state index in [0.717, 1.165) is 54.8 Å². The Kier molecular flexibility index (Phi) is 5.35. The van der Waals surface area contributed by atoms with Crippen LogP contribution >= 0.6 is 0 Å². The molecule has 5 nitrogen and oxygen atoms in total. The lowest BCUT2D eigenvalue weighted by Crippen LogP contribution is -2.06. The second-order valence-corrected chi connectivity index (χ2v) is 12.1. The first-order chi connectivity index (χ1) is 26.9. The van der Waals surface area contributed by atoms with E-state index < -0.39 is 6.04 Å². The van der Waals surface area contributed by atoms with Gasteiger partial charge in [0.2, 0.25) is 5.95 Å². The molecule has 50 heavy (non-hydrogen) atoms. The van der Waals surface area contributed by atoms with Gasteiger partial charge in [0, 0.05) is 38.4 Å². The molecule has 0 saturated heterocycles. The number of rotatable bonds is 5. The lowest BCUT2D eigenvalue weighted by Gasteiger charge is -2.12. The molecule has 0 aliphatic heterocycles. The highest BCUT2D eigenvalue weighted by Crippen LogP contribution is 2.41. The molecule has 0 spiro atoms. The monoisotopic (exact) mass is 644 g/mol. The Balaban J connectivity index is 1.31. The highest BCUT2D eigenvalue weighted by Gasteiger charge is 2.23. The fourth-order valence-electron chi connectivity index (χ4n) is 7.06.